The highest BCUT2D eigenvalue weighted by Crippen LogP contribution is 2.32. The second-order valence-corrected chi connectivity index (χ2v) is 7.44. The molecule has 0 N–H and O–H groups in total. The van der Waals surface area contributed by atoms with Crippen LogP contribution in [0.2, 0.25) is 0 Å². The van der Waals surface area contributed by atoms with Crippen LogP contribution in [0.15, 0.2) is 47.1 Å². The summed E-state index contributed by atoms with van der Waals surface area (Å²) >= 11 is 0. The van der Waals surface area contributed by atoms with E-state index in [-0.39, 0.29) is 5.91 Å². The monoisotopic (exact) mass is 351 g/mol. The fourth-order valence-corrected chi connectivity index (χ4v) is 4.07. The molecule has 2 saturated heterocycles. The molecule has 0 aromatic rings. The molecule has 2 aliphatic heterocycles. The van der Waals surface area contributed by atoms with E-state index in [9.17, 15) is 4.79 Å². The summed E-state index contributed by atoms with van der Waals surface area (Å²) in [5, 5.41) is 9.08. The Hall–Kier alpha value is -2.06. The molecule has 0 bridgehead atoms. The molecule has 5 heteroatoms. The maximum absolute atomic E-state index is 13.0. The minimum Gasteiger partial charge on any atom is -0.347 e. The molecule has 0 unspecified atom stereocenters. The Morgan fingerprint density at radius 1 is 1.42 bits per heavy atom. The molecule has 2 atom stereocenters. The fraction of sp³-hybridized carbons (Fsp3) is 0.524. The molecule has 2 rings (SSSR count). The largest absolute Gasteiger partial charge is 0.347 e. The fourth-order valence-electron chi connectivity index (χ4n) is 4.07. The number of amides is 1. The third kappa shape index (κ3) is 4.56. The summed E-state index contributed by atoms with van der Waals surface area (Å²) in [7, 11) is 2.12. The summed E-state index contributed by atoms with van der Waals surface area (Å²) in [6.45, 7) is 12.9. The summed E-state index contributed by atoms with van der Waals surface area (Å²) in [5.74, 6) is 0.693. The van der Waals surface area contributed by atoms with Gasteiger partial charge in [0.05, 0.1) is 6.07 Å². The predicted octanol–water partition coefficient (Wildman–Crippen LogP) is 2.77. The highest BCUT2D eigenvalue weighted by Gasteiger charge is 2.42. The molecule has 0 aromatic heterocycles. The van der Waals surface area contributed by atoms with Crippen LogP contribution in [0.4, 0.5) is 0 Å². The van der Waals surface area contributed by atoms with Gasteiger partial charge in [0.25, 0.3) is 0 Å². The molecule has 138 valence electrons. The van der Waals surface area contributed by atoms with E-state index in [0.29, 0.717) is 29.5 Å². The zero-order valence-corrected chi connectivity index (χ0v) is 16.6. The van der Waals surface area contributed by atoms with Crippen LogP contribution in [0.5, 0.6) is 0 Å². The number of carbonyl (C=O) groups excluding carboxylic acids is 1. The second-order valence-electron chi connectivity index (χ2n) is 7.44. The second kappa shape index (κ2) is 9.05. The van der Waals surface area contributed by atoms with Gasteiger partial charge in [-0.2, -0.15) is 5.26 Å². The minimum absolute atomic E-state index is 0.0870. The van der Waals surface area contributed by atoms with Gasteiger partial charge in [0.1, 0.15) is 0 Å². The van der Waals surface area contributed by atoms with Gasteiger partial charge in [-0.05, 0) is 56.4 Å². The van der Waals surface area contributed by atoms with E-state index in [1.807, 2.05) is 24.0 Å². The lowest BCUT2D eigenvalue weighted by molar-refractivity contribution is -0.128. The number of allylic oxidation sites excluding steroid dienone is 6. The standard InChI is InChI=1S/C21H30BN3O/c1-5-7-18(10-15(3)12-23)17(6-2)11-16(4)21(26)25-9-8-19-13-24(22)14-20(19)25/h6-7,10,19-20H,4-5,8-9,11,13-14,22H2,1-3H3/b15-10+,17-6+,18-7+/t19-,20+/m1/s1. The number of hydrogen-bond donors (Lipinski definition) is 0. The van der Waals surface area contributed by atoms with Crippen molar-refractivity contribution in [2.75, 3.05) is 19.6 Å². The third-order valence-corrected chi connectivity index (χ3v) is 5.39. The van der Waals surface area contributed by atoms with Crippen molar-refractivity contribution < 1.29 is 4.79 Å². The lowest BCUT2D eigenvalue weighted by Gasteiger charge is -2.25. The molecule has 0 aromatic carbocycles. The quantitative estimate of drug-likeness (QED) is 0.320. The molecule has 1 amide bonds. The van der Waals surface area contributed by atoms with Crippen molar-refractivity contribution in [3.63, 3.8) is 0 Å². The van der Waals surface area contributed by atoms with Crippen molar-refractivity contribution >= 4 is 13.9 Å². The van der Waals surface area contributed by atoms with E-state index in [4.69, 9.17) is 5.26 Å². The summed E-state index contributed by atoms with van der Waals surface area (Å²) in [4.78, 5) is 17.3. The van der Waals surface area contributed by atoms with Crippen LogP contribution < -0.4 is 0 Å². The zero-order valence-electron chi connectivity index (χ0n) is 16.6. The normalized spacial score (nSPS) is 24.5. The van der Waals surface area contributed by atoms with Crippen LogP contribution in [0.3, 0.4) is 0 Å². The van der Waals surface area contributed by atoms with Crippen LogP contribution >= 0.6 is 0 Å². The van der Waals surface area contributed by atoms with Gasteiger partial charge in [-0.15, -0.1) is 0 Å². The Bertz CT molecular complexity index is 699. The SMILES string of the molecule is BN1C[C@H]2CCN(C(=O)C(=C)CC(=C\C)/C(/C=C(\C)C#N)=C/CC)[C@H]2C1. The molecule has 0 saturated carbocycles. The maximum Gasteiger partial charge on any atom is 0.249 e. The third-order valence-electron chi connectivity index (χ3n) is 5.39. The van der Waals surface area contributed by atoms with Gasteiger partial charge in [-0.1, -0.05) is 25.7 Å². The van der Waals surface area contributed by atoms with Crippen LogP contribution in [0.1, 0.15) is 40.0 Å². The smallest absolute Gasteiger partial charge is 0.249 e. The number of fused-ring (bicyclic) bond motifs is 1. The van der Waals surface area contributed by atoms with Crippen molar-refractivity contribution in [2.24, 2.45) is 5.92 Å². The van der Waals surface area contributed by atoms with E-state index >= 15 is 0 Å². The highest BCUT2D eigenvalue weighted by molar-refractivity contribution is 6.04. The van der Waals surface area contributed by atoms with E-state index < -0.39 is 0 Å². The maximum atomic E-state index is 13.0. The first kappa shape index (κ1) is 20.3. The zero-order chi connectivity index (χ0) is 19.3. The molecule has 2 aliphatic rings. The lowest BCUT2D eigenvalue weighted by atomic mass is 9.95. The van der Waals surface area contributed by atoms with Crippen molar-refractivity contribution in [1.29, 1.82) is 5.26 Å². The first-order valence-corrected chi connectivity index (χ1v) is 9.52. The Morgan fingerprint density at radius 3 is 2.77 bits per heavy atom. The molecule has 2 fully saturated rings. The van der Waals surface area contributed by atoms with E-state index in [2.05, 4.69) is 38.4 Å². The Kier molecular flexibility index (Phi) is 7.05. The summed E-state index contributed by atoms with van der Waals surface area (Å²) in [6, 6.07) is 2.51. The number of hydrogen-bond acceptors (Lipinski definition) is 3. The average molecular weight is 351 g/mol. The molecule has 4 nitrogen and oxygen atoms in total. The van der Waals surface area contributed by atoms with Crippen molar-refractivity contribution in [3.8, 4) is 6.07 Å². The van der Waals surface area contributed by atoms with Crippen molar-refractivity contribution in [1.82, 2.24) is 9.71 Å². The van der Waals surface area contributed by atoms with Gasteiger partial charge >= 0.3 is 0 Å². The predicted molar refractivity (Wildman–Crippen MR) is 109 cm³/mol. The number of rotatable bonds is 6. The van der Waals surface area contributed by atoms with Gasteiger partial charge in [-0.25, -0.2) is 0 Å². The summed E-state index contributed by atoms with van der Waals surface area (Å²) < 4.78 is 0. The van der Waals surface area contributed by atoms with Crippen LogP contribution in [0, 0.1) is 17.2 Å². The van der Waals surface area contributed by atoms with Crippen LogP contribution in [0.25, 0.3) is 0 Å². The van der Waals surface area contributed by atoms with Crippen LogP contribution in [-0.4, -0.2) is 49.3 Å². The first-order chi connectivity index (χ1) is 12.4. The molecular weight excluding hydrogens is 321 g/mol. The van der Waals surface area contributed by atoms with E-state index in [1.54, 1.807) is 6.92 Å². The number of nitriles is 1. The first-order valence-electron chi connectivity index (χ1n) is 9.52. The van der Waals surface area contributed by atoms with Crippen molar-refractivity contribution in [2.45, 2.75) is 46.1 Å². The van der Waals surface area contributed by atoms with E-state index in [0.717, 1.165) is 43.6 Å². The Balaban J connectivity index is 2.10. The summed E-state index contributed by atoms with van der Waals surface area (Å²) in [5.41, 5.74) is 3.37. The molecule has 0 radical (unpaired) electrons. The average Bonchev–Trinajstić information content (AvgIpc) is 3.17. The Morgan fingerprint density at radius 2 is 2.15 bits per heavy atom. The van der Waals surface area contributed by atoms with Crippen molar-refractivity contribution in [3.05, 3.63) is 47.1 Å². The molecular formula is C21H30BN3O. The van der Waals surface area contributed by atoms with Gasteiger partial charge in [0.15, 0.2) is 7.98 Å². The molecule has 0 aliphatic carbocycles. The number of carbonyl (C=O) groups is 1. The lowest BCUT2D eigenvalue weighted by Crippen LogP contribution is -2.40. The molecule has 26 heavy (non-hydrogen) atoms. The molecule has 2 heterocycles. The minimum atomic E-state index is 0.0870. The van der Waals surface area contributed by atoms with Gasteiger partial charge in [-0.3, -0.25) is 4.79 Å². The van der Waals surface area contributed by atoms with Gasteiger partial charge in [0.2, 0.25) is 5.91 Å². The Labute approximate surface area is 159 Å². The topological polar surface area (TPSA) is 47.3 Å². The van der Waals surface area contributed by atoms with Crippen LogP contribution in [-0.2, 0) is 4.79 Å². The summed E-state index contributed by atoms with van der Waals surface area (Å²) in [6.07, 6.45) is 8.53. The van der Waals surface area contributed by atoms with Gasteiger partial charge in [0, 0.05) is 36.7 Å². The molecule has 0 spiro atoms. The van der Waals surface area contributed by atoms with Gasteiger partial charge < -0.3 is 9.71 Å². The highest BCUT2D eigenvalue weighted by atomic mass is 16.2. The number of nitrogens with zero attached hydrogens (tertiary/aromatic N) is 3. The van der Waals surface area contributed by atoms with E-state index in [1.165, 1.54) is 0 Å². The number of likely N-dealkylation sites (tertiary alicyclic amines) is 1.